The van der Waals surface area contributed by atoms with Gasteiger partial charge in [-0.1, -0.05) is 0 Å². The van der Waals surface area contributed by atoms with Gasteiger partial charge < -0.3 is 5.11 Å². The van der Waals surface area contributed by atoms with Crippen LogP contribution < -0.4 is 0 Å². The number of aliphatic carboxylic acids is 1. The summed E-state index contributed by atoms with van der Waals surface area (Å²) < 4.78 is 0. The Bertz CT molecular complexity index is 356. The molecule has 1 unspecified atom stereocenters. The van der Waals surface area contributed by atoms with Crippen LogP contribution in [0, 0.1) is 17.2 Å². The second-order valence-electron chi connectivity index (χ2n) is 3.26. The summed E-state index contributed by atoms with van der Waals surface area (Å²) >= 11 is 0. The smallest absolute Gasteiger partial charge is 0.304 e. The molecule has 0 aromatic heterocycles. The van der Waals surface area contributed by atoms with E-state index in [1.54, 1.807) is 6.92 Å². The second-order valence-corrected chi connectivity index (χ2v) is 3.26. The average molecular weight is 209 g/mol. The lowest BCUT2D eigenvalue weighted by Crippen LogP contribution is -2.29. The zero-order valence-corrected chi connectivity index (χ0v) is 8.30. The number of hydrogen-bond acceptors (Lipinski definition) is 4. The molecule has 0 bridgehead atoms. The summed E-state index contributed by atoms with van der Waals surface area (Å²) in [5, 5.41) is 22.1. The Balaban J connectivity index is 2.66. The third-order valence-corrected chi connectivity index (χ3v) is 2.15. The van der Waals surface area contributed by atoms with Crippen molar-refractivity contribution in [1.29, 1.82) is 5.26 Å². The van der Waals surface area contributed by atoms with E-state index in [0.29, 0.717) is 5.71 Å². The van der Waals surface area contributed by atoms with Crippen LogP contribution in [0.3, 0.4) is 0 Å². The molecule has 0 aromatic carbocycles. The molecular formula is C9H11N3O3. The largest absolute Gasteiger partial charge is 0.481 e. The van der Waals surface area contributed by atoms with Crippen LogP contribution in [0.4, 0.5) is 0 Å². The first kappa shape index (κ1) is 11.2. The van der Waals surface area contributed by atoms with Crippen molar-refractivity contribution in [1.82, 2.24) is 5.01 Å². The lowest BCUT2D eigenvalue weighted by Gasteiger charge is -2.10. The van der Waals surface area contributed by atoms with Gasteiger partial charge in [0.15, 0.2) is 0 Å². The van der Waals surface area contributed by atoms with Crippen LogP contribution in [0.2, 0.25) is 0 Å². The predicted molar refractivity (Wildman–Crippen MR) is 50.8 cm³/mol. The number of hydrogen-bond donors (Lipinski definition) is 1. The molecule has 1 heterocycles. The van der Waals surface area contributed by atoms with Crippen molar-refractivity contribution in [3.8, 4) is 6.07 Å². The van der Waals surface area contributed by atoms with Gasteiger partial charge in [0.05, 0.1) is 31.4 Å². The monoisotopic (exact) mass is 209 g/mol. The molecule has 15 heavy (non-hydrogen) atoms. The van der Waals surface area contributed by atoms with Crippen LogP contribution in [-0.2, 0) is 9.59 Å². The van der Waals surface area contributed by atoms with Gasteiger partial charge >= 0.3 is 5.97 Å². The van der Waals surface area contributed by atoms with Crippen LogP contribution in [0.25, 0.3) is 0 Å². The number of carbonyl (C=O) groups is 2. The first-order valence-corrected chi connectivity index (χ1v) is 4.51. The summed E-state index contributed by atoms with van der Waals surface area (Å²) in [6.07, 6.45) is -0.0421. The first-order valence-electron chi connectivity index (χ1n) is 4.51. The highest BCUT2D eigenvalue weighted by atomic mass is 16.4. The molecule has 1 aliphatic heterocycles. The van der Waals surface area contributed by atoms with Gasteiger partial charge in [0.25, 0.3) is 5.91 Å². The molecule has 6 heteroatoms. The number of hydrazone groups is 1. The highest BCUT2D eigenvalue weighted by molar-refractivity contribution is 6.08. The summed E-state index contributed by atoms with van der Waals surface area (Å²) in [5.74, 6) is -2.02. The Kier molecular flexibility index (Phi) is 3.39. The van der Waals surface area contributed by atoms with Crippen LogP contribution in [0.5, 0.6) is 0 Å². The van der Waals surface area contributed by atoms with Gasteiger partial charge in [0.1, 0.15) is 0 Å². The molecule has 0 fully saturated rings. The third-order valence-electron chi connectivity index (χ3n) is 2.15. The molecule has 80 valence electrons. The van der Waals surface area contributed by atoms with E-state index >= 15 is 0 Å². The Labute approximate surface area is 86.8 Å². The van der Waals surface area contributed by atoms with Crippen LogP contribution in [-0.4, -0.2) is 34.2 Å². The molecule has 0 spiro atoms. The lowest BCUT2D eigenvalue weighted by atomic mass is 10.0. The minimum atomic E-state index is -1.02. The van der Waals surface area contributed by atoms with Gasteiger partial charge in [0, 0.05) is 5.71 Å². The molecule has 1 N–H and O–H groups in total. The molecule has 1 atom stereocenters. The van der Waals surface area contributed by atoms with Crippen LogP contribution in [0.15, 0.2) is 5.10 Å². The lowest BCUT2D eigenvalue weighted by molar-refractivity contribution is -0.141. The first-order chi connectivity index (χ1) is 7.06. The molecule has 0 aromatic rings. The molecule has 0 saturated heterocycles. The average Bonchev–Trinajstić information content (AvgIpc) is 2.42. The highest BCUT2D eigenvalue weighted by Gasteiger charge is 2.34. The van der Waals surface area contributed by atoms with Gasteiger partial charge in [-0.3, -0.25) is 9.59 Å². The van der Waals surface area contributed by atoms with Gasteiger partial charge in [-0.2, -0.15) is 10.4 Å². The van der Waals surface area contributed by atoms with Gasteiger partial charge in [-0.15, -0.1) is 0 Å². The van der Waals surface area contributed by atoms with Gasteiger partial charge in [0.2, 0.25) is 0 Å². The maximum atomic E-state index is 11.6. The number of rotatable bonds is 4. The van der Waals surface area contributed by atoms with Crippen LogP contribution in [0.1, 0.15) is 19.8 Å². The molecule has 0 saturated carbocycles. The SMILES string of the molecule is CC1=NN(CCC#N)C(=O)C1CC(=O)O. The molecule has 1 amide bonds. The van der Waals surface area contributed by atoms with Crippen molar-refractivity contribution in [3.05, 3.63) is 0 Å². The number of nitrogens with zero attached hydrogens (tertiary/aromatic N) is 3. The van der Waals surface area contributed by atoms with Crippen molar-refractivity contribution in [3.63, 3.8) is 0 Å². The number of carbonyl (C=O) groups excluding carboxylic acids is 1. The van der Waals surface area contributed by atoms with Crippen molar-refractivity contribution < 1.29 is 14.7 Å². The zero-order valence-electron chi connectivity index (χ0n) is 8.30. The molecule has 1 aliphatic rings. The third kappa shape index (κ3) is 2.53. The number of carboxylic acids is 1. The molecule has 6 nitrogen and oxygen atoms in total. The number of carboxylic acid groups (broad SMARTS) is 1. The molecule has 1 rings (SSSR count). The maximum absolute atomic E-state index is 11.6. The topological polar surface area (TPSA) is 93.8 Å². The standard InChI is InChI=1S/C9H11N3O3/c1-6-7(5-8(13)14)9(15)12(11-6)4-2-3-10/h7H,2,4-5H2,1H3,(H,13,14). The zero-order chi connectivity index (χ0) is 11.4. The van der Waals surface area contributed by atoms with Crippen molar-refractivity contribution in [2.45, 2.75) is 19.8 Å². The fourth-order valence-corrected chi connectivity index (χ4v) is 1.39. The van der Waals surface area contributed by atoms with E-state index in [9.17, 15) is 9.59 Å². The summed E-state index contributed by atoms with van der Waals surface area (Å²) in [6, 6.07) is 1.91. The minimum Gasteiger partial charge on any atom is -0.481 e. The number of nitriles is 1. The van der Waals surface area contributed by atoms with Gasteiger partial charge in [-0.25, -0.2) is 5.01 Å². The van der Waals surface area contributed by atoms with Crippen molar-refractivity contribution in [2.75, 3.05) is 6.54 Å². The number of amides is 1. The summed E-state index contributed by atoms with van der Waals surface area (Å²) in [7, 11) is 0. The van der Waals surface area contributed by atoms with E-state index in [0.717, 1.165) is 0 Å². The van der Waals surface area contributed by atoms with Gasteiger partial charge in [-0.05, 0) is 6.92 Å². The molecule has 0 radical (unpaired) electrons. The second kappa shape index (κ2) is 4.55. The van der Waals surface area contributed by atoms with E-state index < -0.39 is 11.9 Å². The van der Waals surface area contributed by atoms with Crippen molar-refractivity contribution >= 4 is 17.6 Å². The van der Waals surface area contributed by atoms with E-state index in [4.69, 9.17) is 10.4 Å². The highest BCUT2D eigenvalue weighted by Crippen LogP contribution is 2.18. The Morgan fingerprint density at radius 3 is 2.93 bits per heavy atom. The quantitative estimate of drug-likeness (QED) is 0.716. The Morgan fingerprint density at radius 1 is 1.73 bits per heavy atom. The van der Waals surface area contributed by atoms with E-state index in [1.807, 2.05) is 6.07 Å². The fourth-order valence-electron chi connectivity index (χ4n) is 1.39. The Morgan fingerprint density at radius 2 is 2.40 bits per heavy atom. The fraction of sp³-hybridized carbons (Fsp3) is 0.556. The Hall–Kier alpha value is -1.90. The summed E-state index contributed by atoms with van der Waals surface area (Å²) in [6.45, 7) is 1.85. The van der Waals surface area contributed by atoms with E-state index in [1.165, 1.54) is 5.01 Å². The minimum absolute atomic E-state index is 0.197. The van der Waals surface area contributed by atoms with Crippen LogP contribution >= 0.6 is 0 Å². The summed E-state index contributed by atoms with van der Waals surface area (Å²) in [4.78, 5) is 22.1. The van der Waals surface area contributed by atoms with Crippen molar-refractivity contribution in [2.24, 2.45) is 11.0 Å². The molecule has 0 aliphatic carbocycles. The molecular weight excluding hydrogens is 198 g/mol. The summed E-state index contributed by atoms with van der Waals surface area (Å²) in [5.41, 5.74) is 0.500. The van der Waals surface area contributed by atoms with E-state index in [2.05, 4.69) is 5.10 Å². The normalized spacial score (nSPS) is 20.0. The van der Waals surface area contributed by atoms with E-state index in [-0.39, 0.29) is 25.3 Å². The predicted octanol–water partition coefficient (Wildman–Crippen LogP) is 0.209. The maximum Gasteiger partial charge on any atom is 0.304 e.